The van der Waals surface area contributed by atoms with Gasteiger partial charge in [0.05, 0.1) is 3.57 Å². The van der Waals surface area contributed by atoms with Gasteiger partial charge in [-0.2, -0.15) is 8.78 Å². The SMILES string of the molecule is FC(F)Oc1ccc(Nc2ncncc2I)cc1. The Morgan fingerprint density at radius 2 is 1.94 bits per heavy atom. The number of benzene rings is 1. The number of nitrogens with zero attached hydrogens (tertiary/aromatic N) is 2. The van der Waals surface area contributed by atoms with E-state index >= 15 is 0 Å². The molecule has 0 radical (unpaired) electrons. The summed E-state index contributed by atoms with van der Waals surface area (Å²) in [6.07, 6.45) is 3.10. The van der Waals surface area contributed by atoms with Gasteiger partial charge in [-0.05, 0) is 46.9 Å². The van der Waals surface area contributed by atoms with Gasteiger partial charge in [-0.3, -0.25) is 0 Å². The Kier molecular flexibility index (Phi) is 4.24. The van der Waals surface area contributed by atoms with Gasteiger partial charge in [0.15, 0.2) is 0 Å². The Hall–Kier alpha value is -1.51. The number of hydrogen-bond acceptors (Lipinski definition) is 4. The van der Waals surface area contributed by atoms with Crippen molar-refractivity contribution in [3.05, 3.63) is 40.4 Å². The molecule has 0 aliphatic heterocycles. The maximum absolute atomic E-state index is 12.0. The molecule has 2 rings (SSSR count). The van der Waals surface area contributed by atoms with Crippen molar-refractivity contribution in [2.24, 2.45) is 0 Å². The molecule has 18 heavy (non-hydrogen) atoms. The summed E-state index contributed by atoms with van der Waals surface area (Å²) < 4.78 is 29.0. The van der Waals surface area contributed by atoms with Crippen LogP contribution in [0.5, 0.6) is 5.75 Å². The van der Waals surface area contributed by atoms with Crippen molar-refractivity contribution < 1.29 is 13.5 Å². The fourth-order valence-electron chi connectivity index (χ4n) is 1.26. The van der Waals surface area contributed by atoms with E-state index < -0.39 is 6.61 Å². The van der Waals surface area contributed by atoms with Crippen LogP contribution in [-0.4, -0.2) is 16.6 Å². The summed E-state index contributed by atoms with van der Waals surface area (Å²) in [5.41, 5.74) is 0.730. The first-order valence-corrected chi connectivity index (χ1v) is 6.00. The van der Waals surface area contributed by atoms with E-state index in [4.69, 9.17) is 0 Å². The molecule has 0 unspecified atom stereocenters. The molecule has 1 N–H and O–H groups in total. The Labute approximate surface area is 116 Å². The van der Waals surface area contributed by atoms with Crippen LogP contribution >= 0.6 is 22.6 Å². The third-order valence-corrected chi connectivity index (χ3v) is 2.80. The maximum Gasteiger partial charge on any atom is 0.387 e. The third-order valence-electron chi connectivity index (χ3n) is 2.01. The van der Waals surface area contributed by atoms with Crippen LogP contribution in [0.1, 0.15) is 0 Å². The zero-order chi connectivity index (χ0) is 13.0. The van der Waals surface area contributed by atoms with Gasteiger partial charge in [0.2, 0.25) is 0 Å². The van der Waals surface area contributed by atoms with Gasteiger partial charge in [-0.1, -0.05) is 0 Å². The first kappa shape index (κ1) is 12.9. The molecule has 7 heteroatoms. The van der Waals surface area contributed by atoms with Crippen molar-refractivity contribution >= 4 is 34.1 Å². The minimum absolute atomic E-state index is 0.118. The van der Waals surface area contributed by atoms with Crippen molar-refractivity contribution in [1.29, 1.82) is 0 Å². The molecule has 1 aromatic heterocycles. The minimum atomic E-state index is -2.81. The summed E-state index contributed by atoms with van der Waals surface area (Å²) in [6.45, 7) is -2.81. The highest BCUT2D eigenvalue weighted by atomic mass is 127. The lowest BCUT2D eigenvalue weighted by Gasteiger charge is -2.08. The molecule has 0 aliphatic rings. The molecule has 2 aromatic rings. The van der Waals surface area contributed by atoms with Crippen LogP contribution in [-0.2, 0) is 0 Å². The number of nitrogens with one attached hydrogen (secondary N) is 1. The molecule has 4 nitrogen and oxygen atoms in total. The molecule has 0 saturated carbocycles. The van der Waals surface area contributed by atoms with Crippen LogP contribution in [0, 0.1) is 3.57 Å². The van der Waals surface area contributed by atoms with Gasteiger partial charge in [0.25, 0.3) is 0 Å². The van der Waals surface area contributed by atoms with Gasteiger partial charge in [-0.25, -0.2) is 9.97 Å². The van der Waals surface area contributed by atoms with E-state index in [0.29, 0.717) is 5.82 Å². The average molecular weight is 363 g/mol. The second kappa shape index (κ2) is 5.89. The lowest BCUT2D eigenvalue weighted by molar-refractivity contribution is -0.0498. The number of alkyl halides is 2. The van der Waals surface area contributed by atoms with Crippen molar-refractivity contribution in [3.63, 3.8) is 0 Å². The molecule has 0 saturated heterocycles. The number of aromatic nitrogens is 2. The fourth-order valence-corrected chi connectivity index (χ4v) is 1.70. The van der Waals surface area contributed by atoms with Gasteiger partial charge >= 0.3 is 6.61 Å². The summed E-state index contributed by atoms with van der Waals surface area (Å²) in [6, 6.07) is 6.19. The van der Waals surface area contributed by atoms with E-state index in [0.717, 1.165) is 9.26 Å². The predicted molar refractivity (Wildman–Crippen MR) is 71.1 cm³/mol. The fraction of sp³-hybridized carbons (Fsp3) is 0.0909. The number of anilines is 2. The van der Waals surface area contributed by atoms with Crippen LogP contribution in [0.25, 0.3) is 0 Å². The summed E-state index contributed by atoms with van der Waals surface area (Å²) in [5.74, 6) is 0.779. The summed E-state index contributed by atoms with van der Waals surface area (Å²) >= 11 is 2.10. The lowest BCUT2D eigenvalue weighted by atomic mass is 10.3. The highest BCUT2D eigenvalue weighted by Gasteiger charge is 2.05. The molecule has 94 valence electrons. The van der Waals surface area contributed by atoms with E-state index in [1.54, 1.807) is 18.3 Å². The second-order valence-electron chi connectivity index (χ2n) is 3.25. The van der Waals surface area contributed by atoms with Gasteiger partial charge in [0.1, 0.15) is 17.9 Å². The molecular formula is C11H8F2IN3O. The Bertz CT molecular complexity index is 522. The zero-order valence-corrected chi connectivity index (χ0v) is 11.1. The molecule has 0 atom stereocenters. The second-order valence-corrected chi connectivity index (χ2v) is 4.41. The molecule has 0 bridgehead atoms. The van der Waals surface area contributed by atoms with E-state index in [1.165, 1.54) is 18.5 Å². The quantitative estimate of drug-likeness (QED) is 0.846. The molecule has 0 spiro atoms. The standard InChI is InChI=1S/C11H8F2IN3O/c12-11(13)18-8-3-1-7(2-4-8)17-10-9(14)5-15-6-16-10/h1-6,11H,(H,15,16,17). The van der Waals surface area contributed by atoms with Crippen LogP contribution < -0.4 is 10.1 Å². The normalized spacial score (nSPS) is 10.4. The average Bonchev–Trinajstić information content (AvgIpc) is 2.34. The van der Waals surface area contributed by atoms with Crippen LogP contribution in [0.4, 0.5) is 20.3 Å². The number of rotatable bonds is 4. The topological polar surface area (TPSA) is 47.0 Å². The summed E-state index contributed by atoms with van der Waals surface area (Å²) in [7, 11) is 0. The highest BCUT2D eigenvalue weighted by Crippen LogP contribution is 2.22. The zero-order valence-electron chi connectivity index (χ0n) is 8.98. The summed E-state index contributed by atoms with van der Waals surface area (Å²) in [4.78, 5) is 7.93. The number of ether oxygens (including phenoxy) is 1. The smallest absolute Gasteiger partial charge is 0.387 e. The Balaban J connectivity index is 2.09. The van der Waals surface area contributed by atoms with Crippen LogP contribution in [0.15, 0.2) is 36.8 Å². The van der Waals surface area contributed by atoms with Gasteiger partial charge in [0, 0.05) is 11.9 Å². The van der Waals surface area contributed by atoms with Crippen LogP contribution in [0.2, 0.25) is 0 Å². The van der Waals surface area contributed by atoms with Gasteiger partial charge in [-0.15, -0.1) is 0 Å². The first-order valence-electron chi connectivity index (χ1n) is 4.92. The monoisotopic (exact) mass is 363 g/mol. The Morgan fingerprint density at radius 3 is 2.56 bits per heavy atom. The number of halogens is 3. The van der Waals surface area contributed by atoms with E-state index in [2.05, 4.69) is 42.6 Å². The van der Waals surface area contributed by atoms with Crippen LogP contribution in [0.3, 0.4) is 0 Å². The van der Waals surface area contributed by atoms with E-state index in [1.807, 2.05) is 0 Å². The largest absolute Gasteiger partial charge is 0.435 e. The number of hydrogen-bond donors (Lipinski definition) is 1. The van der Waals surface area contributed by atoms with Gasteiger partial charge < -0.3 is 10.1 Å². The predicted octanol–water partition coefficient (Wildman–Crippen LogP) is 3.43. The molecule has 0 amide bonds. The molecule has 0 fully saturated rings. The Morgan fingerprint density at radius 1 is 1.22 bits per heavy atom. The molecule has 1 aromatic carbocycles. The van der Waals surface area contributed by atoms with Crippen molar-refractivity contribution in [3.8, 4) is 5.75 Å². The summed E-state index contributed by atoms with van der Waals surface area (Å²) in [5, 5.41) is 3.05. The molecule has 1 heterocycles. The highest BCUT2D eigenvalue weighted by molar-refractivity contribution is 14.1. The molecule has 0 aliphatic carbocycles. The van der Waals surface area contributed by atoms with Crippen molar-refractivity contribution in [2.45, 2.75) is 6.61 Å². The van der Waals surface area contributed by atoms with Crippen molar-refractivity contribution in [1.82, 2.24) is 9.97 Å². The van der Waals surface area contributed by atoms with E-state index in [9.17, 15) is 8.78 Å². The minimum Gasteiger partial charge on any atom is -0.435 e. The third kappa shape index (κ3) is 3.49. The first-order chi connectivity index (χ1) is 8.65. The lowest BCUT2D eigenvalue weighted by Crippen LogP contribution is -2.02. The molecular weight excluding hydrogens is 355 g/mol. The van der Waals surface area contributed by atoms with Crippen molar-refractivity contribution in [2.75, 3.05) is 5.32 Å². The maximum atomic E-state index is 12.0. The van der Waals surface area contributed by atoms with E-state index in [-0.39, 0.29) is 5.75 Å².